The molecule has 1 aromatic heterocycles. The van der Waals surface area contributed by atoms with Gasteiger partial charge in [-0.25, -0.2) is 4.20 Å². The fraction of sp³-hybridized carbons (Fsp3) is 0.167. The minimum Gasteiger partial charge on any atom is -0.250 e. The van der Waals surface area contributed by atoms with Crippen LogP contribution in [0.25, 0.3) is 23.1 Å². The number of rotatable bonds is 0. The Kier molecular flexibility index (Phi) is 1.96. The lowest BCUT2D eigenvalue weighted by Crippen LogP contribution is -2.24. The number of para-hydroxylation sites is 1. The van der Waals surface area contributed by atoms with Crippen molar-refractivity contribution in [2.24, 2.45) is 0 Å². The maximum Gasteiger partial charge on any atom is 0.597 e. The van der Waals surface area contributed by atoms with Crippen LogP contribution < -0.4 is 10.2 Å². The predicted octanol–water partition coefficient (Wildman–Crippen LogP) is 2.53. The van der Waals surface area contributed by atoms with Crippen LogP contribution in [0.15, 0.2) is 28.5 Å². The first-order chi connectivity index (χ1) is 7.36. The molecule has 0 amide bonds. The molecule has 0 N–H and O–H groups in total. The molecule has 0 fully saturated rings. The molecule has 0 radical (unpaired) electrons. The van der Waals surface area contributed by atoms with Crippen LogP contribution in [0.2, 0.25) is 0 Å². The molecule has 0 aliphatic heterocycles. The van der Waals surface area contributed by atoms with E-state index in [2.05, 4.69) is 6.08 Å². The zero-order valence-electron chi connectivity index (χ0n) is 8.14. The van der Waals surface area contributed by atoms with Gasteiger partial charge in [0.2, 0.25) is 4.95 Å². The topological polar surface area (TPSA) is 30.2 Å². The zero-order chi connectivity index (χ0) is 10.3. The highest BCUT2D eigenvalue weighted by molar-refractivity contribution is 7.29. The molecular weight excluding hydrogens is 207 g/mol. The normalized spacial score (nSPS) is 15.3. The third kappa shape index (κ3) is 1.33. The summed E-state index contributed by atoms with van der Waals surface area (Å²) in [4.78, 5) is 0.870. The van der Waals surface area contributed by atoms with Gasteiger partial charge in [-0.3, -0.25) is 0 Å². The van der Waals surface area contributed by atoms with Crippen LogP contribution >= 0.6 is 7.65 Å². The Bertz CT molecular complexity index is 698. The first kappa shape index (κ1) is 8.87. The van der Waals surface area contributed by atoms with Gasteiger partial charge in [0.25, 0.3) is 0 Å². The Hall–Kier alpha value is -1.40. The van der Waals surface area contributed by atoms with Crippen molar-refractivity contribution in [1.29, 1.82) is 0 Å². The van der Waals surface area contributed by atoms with Crippen molar-refractivity contribution in [2.45, 2.75) is 12.8 Å². The molecule has 1 heterocycles. The van der Waals surface area contributed by atoms with Gasteiger partial charge in [0.15, 0.2) is 5.58 Å². The molecule has 15 heavy (non-hydrogen) atoms. The van der Waals surface area contributed by atoms with Crippen LogP contribution in [0.4, 0.5) is 0 Å². The first-order valence-corrected chi connectivity index (χ1v) is 6.19. The number of benzene rings is 1. The molecule has 1 unspecified atom stereocenters. The number of fused-ring (bicyclic) bond motifs is 3. The smallest absolute Gasteiger partial charge is 0.250 e. The second-order valence-corrected chi connectivity index (χ2v) is 4.81. The van der Waals surface area contributed by atoms with Gasteiger partial charge < -0.3 is 0 Å². The Morgan fingerprint density at radius 2 is 1.93 bits per heavy atom. The van der Waals surface area contributed by atoms with E-state index < -0.39 is 7.65 Å². The van der Waals surface area contributed by atoms with Gasteiger partial charge in [-0.15, -0.1) is 0 Å². The molecule has 0 spiro atoms. The van der Waals surface area contributed by atoms with E-state index in [0.29, 0.717) is 0 Å². The molecule has 0 saturated heterocycles. The fourth-order valence-corrected chi connectivity index (χ4v) is 3.11. The van der Waals surface area contributed by atoms with Crippen LogP contribution in [0.5, 0.6) is 0 Å². The van der Waals surface area contributed by atoms with E-state index >= 15 is 0 Å². The van der Waals surface area contributed by atoms with Gasteiger partial charge in [0, 0.05) is 10.6 Å². The minimum atomic E-state index is -1.69. The van der Waals surface area contributed by atoms with Gasteiger partial charge in [0.05, 0.1) is 0 Å². The third-order valence-corrected chi connectivity index (χ3v) is 3.86. The molecule has 1 aliphatic rings. The van der Waals surface area contributed by atoms with Crippen molar-refractivity contribution in [2.75, 3.05) is 0 Å². The van der Waals surface area contributed by atoms with Crippen molar-refractivity contribution in [3.8, 4) is 0 Å². The van der Waals surface area contributed by atoms with Gasteiger partial charge >= 0.3 is 7.65 Å². The first-order valence-electron chi connectivity index (χ1n) is 5.01. The monoisotopic (exact) mass is 217 g/mol. The Balaban J connectivity index is 2.69. The highest BCUT2D eigenvalue weighted by atomic mass is 31.1. The van der Waals surface area contributed by atoms with E-state index in [0.717, 1.165) is 34.0 Å². The van der Waals surface area contributed by atoms with Gasteiger partial charge in [0.1, 0.15) is 0 Å². The summed E-state index contributed by atoms with van der Waals surface area (Å²) in [5, 5.41) is 2.17. The van der Waals surface area contributed by atoms with E-state index in [4.69, 9.17) is 4.20 Å². The van der Waals surface area contributed by atoms with Crippen molar-refractivity contribution < 1.29 is 8.76 Å². The second kappa shape index (κ2) is 3.32. The summed E-state index contributed by atoms with van der Waals surface area (Å²) in [7, 11) is -1.69. The molecule has 1 aliphatic carbocycles. The highest BCUT2D eigenvalue weighted by Crippen LogP contribution is 2.16. The number of hydrogen-bond acceptors (Lipinski definition) is 2. The van der Waals surface area contributed by atoms with Gasteiger partial charge in [-0.2, -0.15) is 0 Å². The van der Waals surface area contributed by atoms with E-state index in [9.17, 15) is 4.57 Å². The van der Waals surface area contributed by atoms with Crippen molar-refractivity contribution in [3.63, 3.8) is 0 Å². The predicted molar refractivity (Wildman–Crippen MR) is 61.2 cm³/mol. The molecule has 2 nitrogen and oxygen atoms in total. The average Bonchev–Trinajstić information content (AvgIpc) is 2.30. The standard InChI is InChI=1S/C12H10O2P/c13-15-12-8-4-2-6-10(12)9-5-1-3-7-11(9)14-15/h1,3,5-8H,2,4H2/q+1. The van der Waals surface area contributed by atoms with Crippen molar-refractivity contribution in [1.82, 2.24) is 0 Å². The summed E-state index contributed by atoms with van der Waals surface area (Å²) in [6.07, 6.45) is 6.18. The molecule has 0 bridgehead atoms. The molecule has 74 valence electrons. The van der Waals surface area contributed by atoms with Crippen molar-refractivity contribution in [3.05, 3.63) is 34.4 Å². The lowest BCUT2D eigenvalue weighted by molar-refractivity contribution is 0.560. The lowest BCUT2D eigenvalue weighted by Gasteiger charge is -1.96. The minimum absolute atomic E-state index is 0.740. The third-order valence-electron chi connectivity index (χ3n) is 2.68. The summed E-state index contributed by atoms with van der Waals surface area (Å²) < 4.78 is 17.2. The summed E-state index contributed by atoms with van der Waals surface area (Å²) in [6.45, 7) is 0. The van der Waals surface area contributed by atoms with Gasteiger partial charge in [-0.1, -0.05) is 24.3 Å². The Morgan fingerprint density at radius 3 is 2.87 bits per heavy atom. The Labute approximate surface area is 87.4 Å². The average molecular weight is 217 g/mol. The molecule has 1 atom stereocenters. The summed E-state index contributed by atoms with van der Waals surface area (Å²) >= 11 is 0. The molecule has 0 saturated carbocycles. The van der Waals surface area contributed by atoms with Crippen LogP contribution in [0, 0.1) is 0 Å². The molecule has 3 rings (SSSR count). The van der Waals surface area contributed by atoms with E-state index in [1.807, 2.05) is 30.3 Å². The highest BCUT2D eigenvalue weighted by Gasteiger charge is 2.13. The SMILES string of the molecule is O=[p+]1oc2ccccc2c2c1=CCCC=2. The van der Waals surface area contributed by atoms with E-state index in [1.54, 1.807) is 0 Å². The maximum absolute atomic E-state index is 11.8. The van der Waals surface area contributed by atoms with Crippen LogP contribution in [0.1, 0.15) is 12.8 Å². The van der Waals surface area contributed by atoms with Crippen LogP contribution in [-0.2, 0) is 4.57 Å². The van der Waals surface area contributed by atoms with Crippen LogP contribution in [0.3, 0.4) is 0 Å². The van der Waals surface area contributed by atoms with Crippen molar-refractivity contribution >= 4 is 30.8 Å². The quantitative estimate of drug-likeness (QED) is 0.678. The Morgan fingerprint density at radius 1 is 1.13 bits per heavy atom. The second-order valence-electron chi connectivity index (χ2n) is 3.63. The fourth-order valence-electron chi connectivity index (χ4n) is 1.99. The number of hydrogen-bond donors (Lipinski definition) is 0. The molecule has 3 heteroatoms. The summed E-state index contributed by atoms with van der Waals surface area (Å²) in [6, 6.07) is 7.77. The molecule has 2 aromatic rings. The summed E-state index contributed by atoms with van der Waals surface area (Å²) in [5.74, 6) is 0. The lowest BCUT2D eigenvalue weighted by atomic mass is 10.1. The largest absolute Gasteiger partial charge is 0.597 e. The zero-order valence-corrected chi connectivity index (χ0v) is 9.04. The maximum atomic E-state index is 11.8. The van der Waals surface area contributed by atoms with E-state index in [-0.39, 0.29) is 0 Å². The van der Waals surface area contributed by atoms with E-state index in [1.165, 1.54) is 0 Å². The molecule has 1 aromatic carbocycles. The summed E-state index contributed by atoms with van der Waals surface area (Å²) in [5.41, 5.74) is 0.740. The molecular formula is C12H10O2P+. The van der Waals surface area contributed by atoms with Gasteiger partial charge in [-0.05, 0) is 29.5 Å². The van der Waals surface area contributed by atoms with Crippen LogP contribution in [-0.4, -0.2) is 0 Å².